The second kappa shape index (κ2) is 9.00. The zero-order chi connectivity index (χ0) is 19.1. The number of halogens is 1. The van der Waals surface area contributed by atoms with Crippen molar-refractivity contribution in [1.82, 2.24) is 15.5 Å². The number of carbonyl (C=O) groups is 1. The van der Waals surface area contributed by atoms with E-state index in [4.69, 9.17) is 16.3 Å². The Hall–Kier alpha value is -3.12. The van der Waals surface area contributed by atoms with Gasteiger partial charge in [0.2, 0.25) is 0 Å². The van der Waals surface area contributed by atoms with Crippen LogP contribution in [0.25, 0.3) is 0 Å². The van der Waals surface area contributed by atoms with E-state index in [-0.39, 0.29) is 11.6 Å². The lowest BCUT2D eigenvalue weighted by atomic mass is 10.1. The number of carbonyl (C=O) groups excluding carboxylic acids is 1. The molecule has 1 aromatic heterocycles. The number of hydrogen-bond acceptors (Lipinski definition) is 5. The van der Waals surface area contributed by atoms with Crippen LogP contribution in [0.1, 0.15) is 16.1 Å². The van der Waals surface area contributed by atoms with Crippen molar-refractivity contribution < 1.29 is 9.53 Å². The first-order valence-electron chi connectivity index (χ1n) is 8.41. The van der Waals surface area contributed by atoms with Crippen molar-refractivity contribution in [2.45, 2.75) is 6.42 Å². The molecule has 0 radical (unpaired) electrons. The van der Waals surface area contributed by atoms with Crippen LogP contribution in [0.5, 0.6) is 5.75 Å². The molecule has 1 amide bonds. The van der Waals surface area contributed by atoms with Crippen molar-refractivity contribution in [3.8, 4) is 5.75 Å². The molecule has 0 aliphatic heterocycles. The zero-order valence-electron chi connectivity index (χ0n) is 14.8. The Morgan fingerprint density at radius 2 is 1.93 bits per heavy atom. The average molecular weight is 383 g/mol. The first-order chi connectivity index (χ1) is 13.1. The molecular weight excluding hydrogens is 364 g/mol. The van der Waals surface area contributed by atoms with Gasteiger partial charge in [0.05, 0.1) is 7.11 Å². The first-order valence-corrected chi connectivity index (χ1v) is 8.79. The van der Waals surface area contributed by atoms with Crippen LogP contribution in [-0.2, 0) is 6.42 Å². The normalized spacial score (nSPS) is 10.3. The molecule has 27 heavy (non-hydrogen) atoms. The minimum absolute atomic E-state index is 0.261. The highest BCUT2D eigenvalue weighted by Crippen LogP contribution is 2.19. The molecule has 0 unspecified atom stereocenters. The van der Waals surface area contributed by atoms with Crippen LogP contribution in [0.15, 0.2) is 60.7 Å². The van der Waals surface area contributed by atoms with Gasteiger partial charge in [-0.1, -0.05) is 29.8 Å². The molecule has 0 atom stereocenters. The summed E-state index contributed by atoms with van der Waals surface area (Å²) in [6.45, 7) is 0.491. The number of methoxy groups -OCH3 is 1. The Balaban J connectivity index is 1.53. The number of benzene rings is 2. The lowest BCUT2D eigenvalue weighted by Gasteiger charge is -2.08. The molecule has 7 heteroatoms. The van der Waals surface area contributed by atoms with Gasteiger partial charge < -0.3 is 15.4 Å². The fourth-order valence-corrected chi connectivity index (χ4v) is 2.69. The second-order valence-corrected chi connectivity index (χ2v) is 6.23. The number of nitrogens with one attached hydrogen (secondary N) is 2. The van der Waals surface area contributed by atoms with Crippen molar-refractivity contribution in [3.05, 3.63) is 76.9 Å². The third-order valence-electron chi connectivity index (χ3n) is 3.83. The van der Waals surface area contributed by atoms with Crippen LogP contribution in [0.3, 0.4) is 0 Å². The third-order valence-corrected chi connectivity index (χ3v) is 4.06. The fraction of sp³-hybridized carbons (Fsp3) is 0.150. The molecule has 1 heterocycles. The molecule has 3 aromatic rings. The first kappa shape index (κ1) is 18.7. The van der Waals surface area contributed by atoms with E-state index in [0.717, 1.165) is 17.0 Å². The molecule has 138 valence electrons. The number of ether oxygens (including phenoxy) is 1. The van der Waals surface area contributed by atoms with Gasteiger partial charge in [0.15, 0.2) is 11.5 Å². The highest BCUT2D eigenvalue weighted by molar-refractivity contribution is 6.30. The largest absolute Gasteiger partial charge is 0.497 e. The Morgan fingerprint density at radius 1 is 1.07 bits per heavy atom. The summed E-state index contributed by atoms with van der Waals surface area (Å²) in [4.78, 5) is 12.2. The Kier molecular flexibility index (Phi) is 6.22. The van der Waals surface area contributed by atoms with E-state index in [1.165, 1.54) is 0 Å². The highest BCUT2D eigenvalue weighted by atomic mass is 35.5. The van der Waals surface area contributed by atoms with Crippen LogP contribution < -0.4 is 15.4 Å². The van der Waals surface area contributed by atoms with Gasteiger partial charge in [-0.15, -0.1) is 10.2 Å². The smallest absolute Gasteiger partial charge is 0.271 e. The molecule has 0 bridgehead atoms. The van der Waals surface area contributed by atoms with E-state index < -0.39 is 0 Å². The summed E-state index contributed by atoms with van der Waals surface area (Å²) in [6, 6.07) is 18.4. The summed E-state index contributed by atoms with van der Waals surface area (Å²) in [7, 11) is 1.61. The number of hydrogen-bond donors (Lipinski definition) is 2. The summed E-state index contributed by atoms with van der Waals surface area (Å²) in [5, 5.41) is 14.7. The maximum Gasteiger partial charge on any atom is 0.271 e. The molecule has 0 fully saturated rings. The minimum atomic E-state index is -0.266. The van der Waals surface area contributed by atoms with Gasteiger partial charge in [-0.2, -0.15) is 0 Å². The fourth-order valence-electron chi connectivity index (χ4n) is 2.47. The van der Waals surface area contributed by atoms with Crippen LogP contribution in [-0.4, -0.2) is 29.8 Å². The molecule has 2 aromatic carbocycles. The van der Waals surface area contributed by atoms with E-state index in [0.29, 0.717) is 23.8 Å². The molecule has 0 aliphatic carbocycles. The molecular formula is C20H19ClN4O2. The summed E-state index contributed by atoms with van der Waals surface area (Å²) in [5.74, 6) is 1.01. The van der Waals surface area contributed by atoms with E-state index in [9.17, 15) is 4.79 Å². The van der Waals surface area contributed by atoms with Gasteiger partial charge in [0, 0.05) is 23.3 Å². The van der Waals surface area contributed by atoms with Crippen molar-refractivity contribution in [2.24, 2.45) is 0 Å². The van der Waals surface area contributed by atoms with Crippen molar-refractivity contribution >= 4 is 29.0 Å². The number of anilines is 2. The topological polar surface area (TPSA) is 76.1 Å². The number of amides is 1. The molecule has 2 N–H and O–H groups in total. The molecule has 6 nitrogen and oxygen atoms in total. The predicted molar refractivity (Wildman–Crippen MR) is 106 cm³/mol. The Bertz CT molecular complexity index is 916. The van der Waals surface area contributed by atoms with Gasteiger partial charge >= 0.3 is 0 Å². The summed E-state index contributed by atoms with van der Waals surface area (Å²) < 4.78 is 5.18. The molecule has 0 saturated heterocycles. The number of nitrogens with zero attached hydrogens (tertiary/aromatic N) is 2. The Labute approximate surface area is 162 Å². The van der Waals surface area contributed by atoms with Crippen molar-refractivity contribution in [1.29, 1.82) is 0 Å². The van der Waals surface area contributed by atoms with Crippen LogP contribution in [0.4, 0.5) is 11.5 Å². The molecule has 0 aliphatic rings. The van der Waals surface area contributed by atoms with Gasteiger partial charge in [-0.25, -0.2) is 0 Å². The molecule has 0 spiro atoms. The standard InChI is InChI=1S/C20H19ClN4O2/c1-27-17-7-3-6-16(13-17)23-19-9-8-18(24-25-19)20(26)22-11-10-14-4-2-5-15(21)12-14/h2-9,12-13H,10-11H2,1H3,(H,22,26)(H,23,25). The monoisotopic (exact) mass is 382 g/mol. The maximum absolute atomic E-state index is 12.2. The van der Waals surface area contributed by atoms with Crippen LogP contribution in [0, 0.1) is 0 Å². The lowest BCUT2D eigenvalue weighted by molar-refractivity contribution is 0.0948. The van der Waals surface area contributed by atoms with E-state index in [2.05, 4.69) is 20.8 Å². The van der Waals surface area contributed by atoms with Gasteiger partial charge in [-0.05, 0) is 48.4 Å². The van der Waals surface area contributed by atoms with Gasteiger partial charge in [0.1, 0.15) is 5.75 Å². The maximum atomic E-state index is 12.2. The molecule has 3 rings (SSSR count). The van der Waals surface area contributed by atoms with Crippen LogP contribution >= 0.6 is 11.6 Å². The Morgan fingerprint density at radius 3 is 2.67 bits per heavy atom. The van der Waals surface area contributed by atoms with E-state index >= 15 is 0 Å². The summed E-state index contributed by atoms with van der Waals surface area (Å²) in [6.07, 6.45) is 0.690. The van der Waals surface area contributed by atoms with E-state index in [1.54, 1.807) is 19.2 Å². The SMILES string of the molecule is COc1cccc(Nc2ccc(C(=O)NCCc3cccc(Cl)c3)nn2)c1. The molecule has 0 saturated carbocycles. The third kappa shape index (κ3) is 5.43. The van der Waals surface area contributed by atoms with Crippen molar-refractivity contribution in [3.63, 3.8) is 0 Å². The summed E-state index contributed by atoms with van der Waals surface area (Å²) in [5.41, 5.74) is 2.14. The predicted octanol–water partition coefficient (Wildman–Crippen LogP) is 3.85. The van der Waals surface area contributed by atoms with E-state index in [1.807, 2.05) is 48.5 Å². The zero-order valence-corrected chi connectivity index (χ0v) is 15.5. The lowest BCUT2D eigenvalue weighted by Crippen LogP contribution is -2.26. The number of rotatable bonds is 7. The highest BCUT2D eigenvalue weighted by Gasteiger charge is 2.08. The second-order valence-electron chi connectivity index (χ2n) is 5.80. The quantitative estimate of drug-likeness (QED) is 0.649. The number of aromatic nitrogens is 2. The van der Waals surface area contributed by atoms with Gasteiger partial charge in [-0.3, -0.25) is 4.79 Å². The average Bonchev–Trinajstić information content (AvgIpc) is 2.69. The minimum Gasteiger partial charge on any atom is -0.497 e. The summed E-state index contributed by atoms with van der Waals surface area (Å²) >= 11 is 5.95. The van der Waals surface area contributed by atoms with Gasteiger partial charge in [0.25, 0.3) is 5.91 Å². The van der Waals surface area contributed by atoms with Crippen molar-refractivity contribution in [2.75, 3.05) is 19.0 Å². The van der Waals surface area contributed by atoms with Crippen LogP contribution in [0.2, 0.25) is 5.02 Å².